The van der Waals surface area contributed by atoms with Crippen LogP contribution < -0.4 is 19.5 Å². The van der Waals surface area contributed by atoms with Gasteiger partial charge in [0.1, 0.15) is 16.4 Å². The molecule has 0 unspecified atom stereocenters. The highest BCUT2D eigenvalue weighted by atomic mass is 32.2. The molecule has 0 aliphatic rings. The number of thioether (sulfide) groups is 1. The summed E-state index contributed by atoms with van der Waals surface area (Å²) in [6, 6.07) is 18.8. The molecule has 2 N–H and O–H groups in total. The van der Waals surface area contributed by atoms with Gasteiger partial charge in [-0.15, -0.1) is 11.8 Å². The van der Waals surface area contributed by atoms with E-state index in [4.69, 9.17) is 9.47 Å². The van der Waals surface area contributed by atoms with E-state index in [1.54, 1.807) is 30.3 Å². The van der Waals surface area contributed by atoms with Crippen LogP contribution in [0.4, 0.5) is 11.4 Å². The van der Waals surface area contributed by atoms with Crippen molar-refractivity contribution >= 4 is 39.1 Å². The van der Waals surface area contributed by atoms with Crippen LogP contribution in [0.5, 0.6) is 11.5 Å². The number of carbonyl (C=O) groups is 1. The highest BCUT2D eigenvalue weighted by Crippen LogP contribution is 2.29. The zero-order valence-corrected chi connectivity index (χ0v) is 19.5. The van der Waals surface area contributed by atoms with Gasteiger partial charge in [0, 0.05) is 16.3 Å². The Kier molecular flexibility index (Phi) is 7.66. The molecule has 0 saturated carbocycles. The number of hydrogen-bond acceptors (Lipinski definition) is 6. The predicted molar refractivity (Wildman–Crippen MR) is 127 cm³/mol. The molecule has 9 heteroatoms. The van der Waals surface area contributed by atoms with Crippen LogP contribution in [0.1, 0.15) is 5.56 Å². The molecule has 3 aromatic carbocycles. The quantitative estimate of drug-likeness (QED) is 0.444. The number of ether oxygens (including phenoxy) is 2. The fourth-order valence-electron chi connectivity index (χ4n) is 2.81. The van der Waals surface area contributed by atoms with E-state index in [2.05, 4.69) is 10.0 Å². The Balaban J connectivity index is 1.73. The predicted octanol–water partition coefficient (Wildman–Crippen LogP) is 4.54. The van der Waals surface area contributed by atoms with Gasteiger partial charge in [-0.1, -0.05) is 17.7 Å². The lowest BCUT2D eigenvalue weighted by atomic mass is 10.2. The molecule has 0 fully saturated rings. The van der Waals surface area contributed by atoms with E-state index in [0.717, 1.165) is 10.5 Å². The van der Waals surface area contributed by atoms with Gasteiger partial charge in [-0.2, -0.15) is 0 Å². The van der Waals surface area contributed by atoms with Crippen LogP contribution in [-0.4, -0.2) is 34.3 Å². The second kappa shape index (κ2) is 10.4. The van der Waals surface area contributed by atoms with E-state index in [1.807, 2.05) is 31.2 Å². The molecule has 7 nitrogen and oxygen atoms in total. The first kappa shape index (κ1) is 23.5. The fraction of sp³-hybridized carbons (Fsp3) is 0.174. The molecule has 168 valence electrons. The molecule has 0 aromatic heterocycles. The van der Waals surface area contributed by atoms with Gasteiger partial charge in [0.25, 0.3) is 10.0 Å². The number of methoxy groups -OCH3 is 2. The molecule has 0 spiro atoms. The summed E-state index contributed by atoms with van der Waals surface area (Å²) in [5.41, 5.74) is 1.88. The second-order valence-corrected chi connectivity index (χ2v) is 9.55. The zero-order chi connectivity index (χ0) is 23.1. The van der Waals surface area contributed by atoms with E-state index in [9.17, 15) is 13.2 Å². The van der Waals surface area contributed by atoms with Crippen LogP contribution in [0.3, 0.4) is 0 Å². The monoisotopic (exact) mass is 472 g/mol. The van der Waals surface area contributed by atoms with Crippen LogP contribution >= 0.6 is 11.8 Å². The van der Waals surface area contributed by atoms with Gasteiger partial charge in [-0.3, -0.25) is 9.52 Å². The topological polar surface area (TPSA) is 93.7 Å². The maximum atomic E-state index is 13.0. The fourth-order valence-corrected chi connectivity index (χ4v) is 4.77. The second-order valence-electron chi connectivity index (χ2n) is 6.85. The van der Waals surface area contributed by atoms with E-state index < -0.39 is 10.0 Å². The Morgan fingerprint density at radius 3 is 2.19 bits per heavy atom. The molecule has 0 heterocycles. The van der Waals surface area contributed by atoms with Crippen LogP contribution in [0.15, 0.2) is 76.5 Å². The first-order valence-corrected chi connectivity index (χ1v) is 12.1. The Morgan fingerprint density at radius 2 is 1.56 bits per heavy atom. The van der Waals surface area contributed by atoms with Crippen molar-refractivity contribution in [2.24, 2.45) is 0 Å². The Hall–Kier alpha value is -3.17. The van der Waals surface area contributed by atoms with E-state index in [0.29, 0.717) is 17.1 Å². The maximum Gasteiger partial charge on any atom is 0.265 e. The van der Waals surface area contributed by atoms with Crippen LogP contribution in [0.2, 0.25) is 0 Å². The number of nitrogens with one attached hydrogen (secondary N) is 2. The van der Waals surface area contributed by atoms with Gasteiger partial charge in [0.05, 0.1) is 20.0 Å². The SMILES string of the molecule is COc1ccc(NS(=O)(=O)c2cc(NC(=O)CSc3ccc(C)cc3)ccc2OC)cc1. The molecule has 3 rings (SSSR count). The third-order valence-electron chi connectivity index (χ3n) is 4.47. The summed E-state index contributed by atoms with van der Waals surface area (Å²) in [7, 11) is -1.05. The maximum absolute atomic E-state index is 13.0. The summed E-state index contributed by atoms with van der Waals surface area (Å²) in [6.45, 7) is 2.00. The van der Waals surface area contributed by atoms with Gasteiger partial charge in [0.15, 0.2) is 0 Å². The molecular formula is C23H24N2O5S2. The highest BCUT2D eigenvalue weighted by molar-refractivity contribution is 8.00. The van der Waals surface area contributed by atoms with Crippen molar-refractivity contribution in [1.82, 2.24) is 0 Å². The van der Waals surface area contributed by atoms with Crippen molar-refractivity contribution < 1.29 is 22.7 Å². The van der Waals surface area contributed by atoms with E-state index in [1.165, 1.54) is 38.1 Å². The van der Waals surface area contributed by atoms with Gasteiger partial charge >= 0.3 is 0 Å². The van der Waals surface area contributed by atoms with Crippen molar-refractivity contribution in [3.05, 3.63) is 72.3 Å². The van der Waals surface area contributed by atoms with E-state index in [-0.39, 0.29) is 22.3 Å². The average molecular weight is 473 g/mol. The normalized spacial score (nSPS) is 11.0. The molecule has 1 amide bonds. The molecule has 0 bridgehead atoms. The minimum Gasteiger partial charge on any atom is -0.497 e. The number of benzene rings is 3. The van der Waals surface area contributed by atoms with Gasteiger partial charge in [-0.25, -0.2) is 8.42 Å². The number of rotatable bonds is 9. The number of aryl methyl sites for hydroxylation is 1. The standard InChI is InChI=1S/C23H24N2O5S2/c1-16-4-11-20(12-5-16)31-15-23(26)24-18-8-13-21(30-3)22(14-18)32(27,28)25-17-6-9-19(29-2)10-7-17/h4-14,25H,15H2,1-3H3,(H,24,26). The van der Waals surface area contributed by atoms with Gasteiger partial charge in [-0.05, 0) is 61.5 Å². The van der Waals surface area contributed by atoms with Crippen molar-refractivity contribution in [2.45, 2.75) is 16.7 Å². The summed E-state index contributed by atoms with van der Waals surface area (Å²) in [5.74, 6) is 0.727. The van der Waals surface area contributed by atoms with Gasteiger partial charge < -0.3 is 14.8 Å². The molecule has 0 saturated heterocycles. The molecule has 3 aromatic rings. The first-order valence-electron chi connectivity index (χ1n) is 9.65. The van der Waals surface area contributed by atoms with Crippen LogP contribution in [0, 0.1) is 6.92 Å². The minimum absolute atomic E-state index is 0.0835. The minimum atomic E-state index is -3.97. The lowest BCUT2D eigenvalue weighted by molar-refractivity contribution is -0.113. The summed E-state index contributed by atoms with van der Waals surface area (Å²) in [5, 5.41) is 2.74. The largest absolute Gasteiger partial charge is 0.497 e. The summed E-state index contributed by atoms with van der Waals surface area (Å²) < 4.78 is 38.8. The van der Waals surface area contributed by atoms with Crippen molar-refractivity contribution in [3.8, 4) is 11.5 Å². The third kappa shape index (κ3) is 6.18. The average Bonchev–Trinajstić information content (AvgIpc) is 2.79. The smallest absolute Gasteiger partial charge is 0.265 e. The molecule has 0 aliphatic heterocycles. The van der Waals surface area contributed by atoms with E-state index >= 15 is 0 Å². The molecular weight excluding hydrogens is 448 g/mol. The first-order chi connectivity index (χ1) is 15.3. The van der Waals surface area contributed by atoms with Crippen LogP contribution in [-0.2, 0) is 14.8 Å². The third-order valence-corrected chi connectivity index (χ3v) is 6.88. The lowest BCUT2D eigenvalue weighted by Gasteiger charge is -2.14. The van der Waals surface area contributed by atoms with Crippen LogP contribution in [0.25, 0.3) is 0 Å². The van der Waals surface area contributed by atoms with Crippen molar-refractivity contribution in [3.63, 3.8) is 0 Å². The Morgan fingerprint density at radius 1 is 0.906 bits per heavy atom. The number of carbonyl (C=O) groups excluding carboxylic acids is 1. The van der Waals surface area contributed by atoms with Crippen molar-refractivity contribution in [2.75, 3.05) is 30.0 Å². The molecule has 0 radical (unpaired) electrons. The molecule has 0 atom stereocenters. The number of anilines is 2. The summed E-state index contributed by atoms with van der Waals surface area (Å²) in [4.78, 5) is 13.3. The van der Waals surface area contributed by atoms with Gasteiger partial charge in [0.2, 0.25) is 5.91 Å². The lowest BCUT2D eigenvalue weighted by Crippen LogP contribution is -2.17. The zero-order valence-electron chi connectivity index (χ0n) is 17.9. The molecule has 0 aliphatic carbocycles. The summed E-state index contributed by atoms with van der Waals surface area (Å²) in [6.07, 6.45) is 0. The molecule has 32 heavy (non-hydrogen) atoms. The highest BCUT2D eigenvalue weighted by Gasteiger charge is 2.21. The Labute approximate surface area is 192 Å². The van der Waals surface area contributed by atoms with Crippen molar-refractivity contribution in [1.29, 1.82) is 0 Å². The number of amides is 1. The summed E-state index contributed by atoms with van der Waals surface area (Å²) >= 11 is 1.40. The Bertz CT molecular complexity index is 1180. The number of hydrogen-bond donors (Lipinski definition) is 2. The number of sulfonamides is 1.